The van der Waals surface area contributed by atoms with Crippen LogP contribution in [0.2, 0.25) is 0 Å². The minimum atomic E-state index is -0.726. The van der Waals surface area contributed by atoms with E-state index in [-0.39, 0.29) is 12.1 Å². The molecule has 21 heavy (non-hydrogen) atoms. The Morgan fingerprint density at radius 1 is 1.19 bits per heavy atom. The molecule has 1 aromatic carbocycles. The average Bonchev–Trinajstić information content (AvgIpc) is 2.51. The molecule has 0 heterocycles. The highest BCUT2D eigenvalue weighted by Crippen LogP contribution is 2.50. The van der Waals surface area contributed by atoms with Crippen molar-refractivity contribution in [2.45, 2.75) is 52.6 Å². The van der Waals surface area contributed by atoms with Crippen LogP contribution in [0.25, 0.3) is 0 Å². The number of carbonyl (C=O) groups excluding carboxylic acids is 2. The highest BCUT2D eigenvalue weighted by atomic mass is 16.5. The minimum Gasteiger partial charge on any atom is -0.457 e. The van der Waals surface area contributed by atoms with Crippen LogP contribution in [0.3, 0.4) is 0 Å². The van der Waals surface area contributed by atoms with Gasteiger partial charge in [0.25, 0.3) is 0 Å². The van der Waals surface area contributed by atoms with Crippen LogP contribution in [-0.4, -0.2) is 12.3 Å². The first-order valence-corrected chi connectivity index (χ1v) is 7.65. The maximum absolute atomic E-state index is 12.7. The topological polar surface area (TPSA) is 43.4 Å². The van der Waals surface area contributed by atoms with Gasteiger partial charge in [-0.25, -0.2) is 0 Å². The molecule has 0 N–H and O–H groups in total. The first-order valence-electron chi connectivity index (χ1n) is 7.65. The van der Waals surface area contributed by atoms with Gasteiger partial charge < -0.3 is 9.53 Å². The average molecular weight is 288 g/mol. The third-order valence-corrected chi connectivity index (χ3v) is 5.15. The number of rotatable bonds is 4. The van der Waals surface area contributed by atoms with Crippen LogP contribution in [0, 0.1) is 10.8 Å². The van der Waals surface area contributed by atoms with Crippen LogP contribution < -0.4 is 0 Å². The Labute approximate surface area is 126 Å². The van der Waals surface area contributed by atoms with Crippen molar-refractivity contribution in [2.24, 2.45) is 10.8 Å². The fourth-order valence-corrected chi connectivity index (χ4v) is 3.14. The van der Waals surface area contributed by atoms with Gasteiger partial charge in [0.1, 0.15) is 12.4 Å². The Hall–Kier alpha value is -1.64. The molecule has 1 fully saturated rings. The predicted octanol–water partition coefficient (Wildman–Crippen LogP) is 4.08. The van der Waals surface area contributed by atoms with Crippen molar-refractivity contribution in [3.8, 4) is 0 Å². The van der Waals surface area contributed by atoms with Gasteiger partial charge in [0, 0.05) is 5.41 Å². The molecule has 0 aromatic heterocycles. The van der Waals surface area contributed by atoms with Gasteiger partial charge in [0.2, 0.25) is 0 Å². The third kappa shape index (κ3) is 2.87. The lowest BCUT2D eigenvalue weighted by atomic mass is 9.58. The van der Waals surface area contributed by atoms with Gasteiger partial charge >= 0.3 is 5.97 Å². The molecule has 0 spiro atoms. The van der Waals surface area contributed by atoms with Gasteiger partial charge in [-0.2, -0.15) is 0 Å². The SMILES string of the molecule is CC(OC(=O)C1(C)CCCCC1(C)C=O)c1ccccc1. The van der Waals surface area contributed by atoms with Crippen molar-refractivity contribution in [1.82, 2.24) is 0 Å². The smallest absolute Gasteiger partial charge is 0.313 e. The Kier molecular flexibility index (Phi) is 4.50. The van der Waals surface area contributed by atoms with Crippen molar-refractivity contribution in [3.05, 3.63) is 35.9 Å². The molecule has 2 rings (SSSR count). The Morgan fingerprint density at radius 3 is 2.43 bits per heavy atom. The summed E-state index contributed by atoms with van der Waals surface area (Å²) in [4.78, 5) is 24.2. The van der Waals surface area contributed by atoms with Crippen LogP contribution in [0.4, 0.5) is 0 Å². The summed E-state index contributed by atoms with van der Waals surface area (Å²) in [7, 11) is 0. The summed E-state index contributed by atoms with van der Waals surface area (Å²) in [6.07, 6.45) is 4.07. The fourth-order valence-electron chi connectivity index (χ4n) is 3.14. The number of carbonyl (C=O) groups is 2. The zero-order chi connectivity index (χ0) is 15.5. The molecule has 3 unspecified atom stereocenters. The zero-order valence-corrected chi connectivity index (χ0v) is 13.1. The maximum Gasteiger partial charge on any atom is 0.313 e. The van der Waals surface area contributed by atoms with Crippen LogP contribution in [0.5, 0.6) is 0 Å². The van der Waals surface area contributed by atoms with E-state index in [1.807, 2.05) is 51.1 Å². The summed E-state index contributed by atoms with van der Waals surface area (Å²) in [5, 5.41) is 0. The lowest BCUT2D eigenvalue weighted by Gasteiger charge is -2.44. The van der Waals surface area contributed by atoms with Crippen LogP contribution in [0.15, 0.2) is 30.3 Å². The first kappa shape index (κ1) is 15.7. The van der Waals surface area contributed by atoms with Crippen molar-refractivity contribution in [3.63, 3.8) is 0 Å². The summed E-state index contributed by atoms with van der Waals surface area (Å²) in [6.45, 7) is 5.63. The van der Waals surface area contributed by atoms with Gasteiger partial charge in [0.05, 0.1) is 5.41 Å². The highest BCUT2D eigenvalue weighted by molar-refractivity contribution is 5.83. The quantitative estimate of drug-likeness (QED) is 0.619. The standard InChI is InChI=1S/C18H24O3/c1-14(15-9-5-4-6-10-15)21-16(20)18(3)12-8-7-11-17(18,2)13-19/h4-6,9-10,13-14H,7-8,11-12H2,1-3H3. The van der Waals surface area contributed by atoms with E-state index in [0.717, 1.165) is 31.1 Å². The molecule has 1 saturated carbocycles. The lowest BCUT2D eigenvalue weighted by molar-refractivity contribution is -0.173. The van der Waals surface area contributed by atoms with E-state index in [9.17, 15) is 9.59 Å². The van der Waals surface area contributed by atoms with E-state index in [4.69, 9.17) is 4.74 Å². The maximum atomic E-state index is 12.7. The Bertz CT molecular complexity index is 510. The molecule has 3 atom stereocenters. The number of benzene rings is 1. The molecule has 1 aromatic rings. The zero-order valence-electron chi connectivity index (χ0n) is 13.1. The van der Waals surface area contributed by atoms with E-state index in [2.05, 4.69) is 0 Å². The van der Waals surface area contributed by atoms with E-state index in [1.54, 1.807) is 0 Å². The van der Waals surface area contributed by atoms with Gasteiger partial charge in [-0.05, 0) is 32.3 Å². The summed E-state index contributed by atoms with van der Waals surface area (Å²) in [5.41, 5.74) is -0.382. The minimum absolute atomic E-state index is 0.256. The summed E-state index contributed by atoms with van der Waals surface area (Å²) in [6, 6.07) is 9.68. The predicted molar refractivity (Wildman–Crippen MR) is 81.7 cm³/mol. The number of aldehydes is 1. The van der Waals surface area contributed by atoms with Crippen molar-refractivity contribution < 1.29 is 14.3 Å². The fraction of sp³-hybridized carbons (Fsp3) is 0.556. The van der Waals surface area contributed by atoms with Crippen LogP contribution >= 0.6 is 0 Å². The van der Waals surface area contributed by atoms with Gasteiger partial charge in [-0.3, -0.25) is 4.79 Å². The van der Waals surface area contributed by atoms with Crippen molar-refractivity contribution in [2.75, 3.05) is 0 Å². The van der Waals surface area contributed by atoms with E-state index >= 15 is 0 Å². The second kappa shape index (κ2) is 6.00. The van der Waals surface area contributed by atoms with E-state index < -0.39 is 10.8 Å². The lowest BCUT2D eigenvalue weighted by Crippen LogP contribution is -2.48. The molecule has 0 amide bonds. The normalized spacial score (nSPS) is 30.4. The molecular formula is C18H24O3. The van der Waals surface area contributed by atoms with Gasteiger partial charge in [-0.1, -0.05) is 50.1 Å². The molecule has 0 bridgehead atoms. The third-order valence-electron chi connectivity index (χ3n) is 5.15. The second-order valence-corrected chi connectivity index (χ2v) is 6.53. The molecule has 114 valence electrons. The number of esters is 1. The van der Waals surface area contributed by atoms with E-state index in [1.165, 1.54) is 0 Å². The second-order valence-electron chi connectivity index (χ2n) is 6.53. The Balaban J connectivity index is 2.16. The molecule has 0 aliphatic heterocycles. The number of hydrogen-bond acceptors (Lipinski definition) is 3. The molecule has 1 aliphatic carbocycles. The molecule has 1 aliphatic rings. The molecule has 0 saturated heterocycles. The van der Waals surface area contributed by atoms with Crippen molar-refractivity contribution >= 4 is 12.3 Å². The first-order chi connectivity index (χ1) is 9.93. The summed E-state index contributed by atoms with van der Waals surface area (Å²) in [5.74, 6) is -0.256. The highest BCUT2D eigenvalue weighted by Gasteiger charge is 2.52. The summed E-state index contributed by atoms with van der Waals surface area (Å²) < 4.78 is 5.68. The van der Waals surface area contributed by atoms with Crippen LogP contribution in [-0.2, 0) is 14.3 Å². The summed E-state index contributed by atoms with van der Waals surface area (Å²) >= 11 is 0. The van der Waals surface area contributed by atoms with E-state index in [0.29, 0.717) is 6.42 Å². The molecular weight excluding hydrogens is 264 g/mol. The monoisotopic (exact) mass is 288 g/mol. The van der Waals surface area contributed by atoms with Gasteiger partial charge in [0.15, 0.2) is 0 Å². The molecule has 3 nitrogen and oxygen atoms in total. The largest absolute Gasteiger partial charge is 0.457 e. The van der Waals surface area contributed by atoms with Crippen LogP contribution in [0.1, 0.15) is 58.1 Å². The number of ether oxygens (including phenoxy) is 1. The van der Waals surface area contributed by atoms with Crippen molar-refractivity contribution in [1.29, 1.82) is 0 Å². The number of hydrogen-bond donors (Lipinski definition) is 0. The van der Waals surface area contributed by atoms with Gasteiger partial charge in [-0.15, -0.1) is 0 Å². The Morgan fingerprint density at radius 2 is 1.81 bits per heavy atom. The molecule has 3 heteroatoms. The molecule has 0 radical (unpaired) electrons.